The Kier molecular flexibility index (Phi) is 6.47. The summed E-state index contributed by atoms with van der Waals surface area (Å²) in [7, 11) is 0. The van der Waals surface area contributed by atoms with Crippen LogP contribution in [0.3, 0.4) is 0 Å². The van der Waals surface area contributed by atoms with Crippen LogP contribution >= 0.6 is 0 Å². The number of anilines is 3. The van der Waals surface area contributed by atoms with E-state index >= 15 is 0 Å². The lowest BCUT2D eigenvalue weighted by Crippen LogP contribution is -2.48. The number of hydrogen-bond donors (Lipinski definition) is 1. The van der Waals surface area contributed by atoms with Crippen molar-refractivity contribution in [2.75, 3.05) is 74.4 Å². The molecule has 0 spiro atoms. The average molecular weight is 427 g/mol. The molecule has 3 heterocycles. The van der Waals surface area contributed by atoms with Gasteiger partial charge in [0.05, 0.1) is 4.92 Å². The van der Waals surface area contributed by atoms with E-state index in [0.717, 1.165) is 52.4 Å². The van der Waals surface area contributed by atoms with E-state index in [-0.39, 0.29) is 11.5 Å². The summed E-state index contributed by atoms with van der Waals surface area (Å²) in [5.74, 6) is 0.764. The average Bonchev–Trinajstić information content (AvgIpc) is 2.79. The predicted molar refractivity (Wildman–Crippen MR) is 121 cm³/mol. The fourth-order valence-electron chi connectivity index (χ4n) is 4.21. The quantitative estimate of drug-likeness (QED) is 0.542. The summed E-state index contributed by atoms with van der Waals surface area (Å²) < 4.78 is 0. The predicted octanol–water partition coefficient (Wildman–Crippen LogP) is 1.43. The first-order valence-electron chi connectivity index (χ1n) is 10.9. The van der Waals surface area contributed by atoms with Gasteiger partial charge in [-0.25, -0.2) is 0 Å². The van der Waals surface area contributed by atoms with Gasteiger partial charge in [0.25, 0.3) is 0 Å². The second kappa shape index (κ2) is 9.44. The normalized spacial score (nSPS) is 18.4. The SMILES string of the molecule is CCN1CCN(c2nc(N)c([N+](=O)[O-])c(N3CCN(Cc4ccccc4)CC3)n2)CC1. The maximum Gasteiger partial charge on any atom is 0.353 e. The van der Waals surface area contributed by atoms with Crippen molar-refractivity contribution in [2.24, 2.45) is 0 Å². The third-order valence-corrected chi connectivity index (χ3v) is 6.09. The second-order valence-electron chi connectivity index (χ2n) is 8.01. The Balaban J connectivity index is 1.50. The van der Waals surface area contributed by atoms with Gasteiger partial charge in [-0.3, -0.25) is 15.0 Å². The van der Waals surface area contributed by atoms with Crippen LogP contribution in [0, 0.1) is 10.1 Å². The minimum absolute atomic E-state index is 0.0605. The number of benzene rings is 1. The van der Waals surface area contributed by atoms with E-state index in [1.807, 2.05) is 23.1 Å². The minimum atomic E-state index is -0.459. The zero-order valence-electron chi connectivity index (χ0n) is 18.0. The second-order valence-corrected chi connectivity index (χ2v) is 8.01. The molecule has 1 aromatic carbocycles. The molecule has 2 fully saturated rings. The molecule has 2 aromatic rings. The van der Waals surface area contributed by atoms with Crippen LogP contribution in [0.2, 0.25) is 0 Å². The molecule has 2 saturated heterocycles. The molecule has 166 valence electrons. The summed E-state index contributed by atoms with van der Waals surface area (Å²) in [4.78, 5) is 29.0. The van der Waals surface area contributed by atoms with Crippen molar-refractivity contribution >= 4 is 23.3 Å². The maximum atomic E-state index is 11.7. The molecule has 0 radical (unpaired) electrons. The minimum Gasteiger partial charge on any atom is -0.378 e. The Morgan fingerprint density at radius 3 is 2.16 bits per heavy atom. The van der Waals surface area contributed by atoms with Gasteiger partial charge in [-0.1, -0.05) is 37.3 Å². The van der Waals surface area contributed by atoms with Crippen molar-refractivity contribution in [3.05, 3.63) is 46.0 Å². The number of aromatic nitrogens is 2. The van der Waals surface area contributed by atoms with Gasteiger partial charge in [-0.05, 0) is 12.1 Å². The molecule has 0 bridgehead atoms. The van der Waals surface area contributed by atoms with Gasteiger partial charge in [0.2, 0.25) is 17.6 Å². The van der Waals surface area contributed by atoms with Gasteiger partial charge in [0, 0.05) is 58.9 Å². The van der Waals surface area contributed by atoms with Gasteiger partial charge in [-0.2, -0.15) is 9.97 Å². The van der Waals surface area contributed by atoms with E-state index in [1.165, 1.54) is 5.56 Å². The maximum absolute atomic E-state index is 11.7. The molecular weight excluding hydrogens is 396 g/mol. The summed E-state index contributed by atoms with van der Waals surface area (Å²) in [6, 6.07) is 10.3. The van der Waals surface area contributed by atoms with Gasteiger partial charge in [-0.15, -0.1) is 0 Å². The van der Waals surface area contributed by atoms with Gasteiger partial charge < -0.3 is 20.4 Å². The van der Waals surface area contributed by atoms with Crippen LogP contribution in [-0.2, 0) is 6.54 Å². The van der Waals surface area contributed by atoms with Gasteiger partial charge >= 0.3 is 5.69 Å². The molecule has 10 heteroatoms. The molecule has 0 saturated carbocycles. The summed E-state index contributed by atoms with van der Waals surface area (Å²) in [6.07, 6.45) is 0. The van der Waals surface area contributed by atoms with E-state index in [2.05, 4.69) is 43.7 Å². The smallest absolute Gasteiger partial charge is 0.353 e. The number of nitrogens with two attached hydrogens (primary N) is 1. The number of nitrogen functional groups attached to an aromatic ring is 1. The molecule has 0 amide bonds. The highest BCUT2D eigenvalue weighted by Gasteiger charge is 2.31. The molecule has 31 heavy (non-hydrogen) atoms. The summed E-state index contributed by atoms with van der Waals surface area (Å²) in [5, 5.41) is 11.7. The van der Waals surface area contributed by atoms with Crippen LogP contribution in [0.15, 0.2) is 30.3 Å². The first kappa shape index (κ1) is 21.3. The molecule has 2 N–H and O–H groups in total. The van der Waals surface area contributed by atoms with Gasteiger partial charge in [0.1, 0.15) is 0 Å². The van der Waals surface area contributed by atoms with Crippen molar-refractivity contribution in [3.8, 4) is 0 Å². The van der Waals surface area contributed by atoms with Gasteiger partial charge in [0.15, 0.2) is 0 Å². The van der Waals surface area contributed by atoms with Crippen molar-refractivity contribution in [2.45, 2.75) is 13.5 Å². The summed E-state index contributed by atoms with van der Waals surface area (Å²) in [6.45, 7) is 10.4. The van der Waals surface area contributed by atoms with Crippen molar-refractivity contribution in [1.29, 1.82) is 0 Å². The van der Waals surface area contributed by atoms with E-state index in [9.17, 15) is 10.1 Å². The Morgan fingerprint density at radius 1 is 0.935 bits per heavy atom. The largest absolute Gasteiger partial charge is 0.378 e. The van der Waals surface area contributed by atoms with Crippen molar-refractivity contribution in [3.63, 3.8) is 0 Å². The highest BCUT2D eigenvalue weighted by atomic mass is 16.6. The lowest BCUT2D eigenvalue weighted by molar-refractivity contribution is -0.383. The van der Waals surface area contributed by atoms with E-state index in [1.54, 1.807) is 0 Å². The highest BCUT2D eigenvalue weighted by Crippen LogP contribution is 2.33. The molecule has 0 atom stereocenters. The first-order chi connectivity index (χ1) is 15.0. The van der Waals surface area contributed by atoms with Crippen LogP contribution in [0.25, 0.3) is 0 Å². The third kappa shape index (κ3) is 4.86. The lowest BCUT2D eigenvalue weighted by atomic mass is 10.2. The number of piperazine rings is 2. The van der Waals surface area contributed by atoms with Crippen LogP contribution in [0.1, 0.15) is 12.5 Å². The summed E-state index contributed by atoms with van der Waals surface area (Å²) in [5.41, 5.74) is 7.13. The Labute approximate surface area is 182 Å². The Bertz CT molecular complexity index is 894. The van der Waals surface area contributed by atoms with Crippen LogP contribution in [-0.4, -0.2) is 83.6 Å². The Morgan fingerprint density at radius 2 is 1.55 bits per heavy atom. The van der Waals surface area contributed by atoms with Crippen molar-refractivity contribution in [1.82, 2.24) is 19.8 Å². The fourth-order valence-corrected chi connectivity index (χ4v) is 4.21. The highest BCUT2D eigenvalue weighted by molar-refractivity contribution is 5.71. The zero-order chi connectivity index (χ0) is 21.8. The molecule has 2 aliphatic heterocycles. The number of nitro groups is 1. The molecule has 2 aliphatic rings. The van der Waals surface area contributed by atoms with Crippen molar-refractivity contribution < 1.29 is 4.92 Å². The van der Waals surface area contributed by atoms with Crippen LogP contribution < -0.4 is 15.5 Å². The molecule has 4 rings (SSSR count). The fraction of sp³-hybridized carbons (Fsp3) is 0.524. The zero-order valence-corrected chi connectivity index (χ0v) is 18.0. The number of rotatable bonds is 6. The first-order valence-corrected chi connectivity index (χ1v) is 10.9. The number of nitrogens with zero attached hydrogens (tertiary/aromatic N) is 7. The third-order valence-electron chi connectivity index (χ3n) is 6.09. The lowest BCUT2D eigenvalue weighted by Gasteiger charge is -2.36. The van der Waals surface area contributed by atoms with Crippen LogP contribution in [0.4, 0.5) is 23.3 Å². The number of hydrogen-bond acceptors (Lipinski definition) is 9. The Hall–Kier alpha value is -2.98. The topological polar surface area (TPSA) is 108 Å². The van der Waals surface area contributed by atoms with E-state index in [0.29, 0.717) is 24.9 Å². The van der Waals surface area contributed by atoms with E-state index < -0.39 is 4.92 Å². The molecule has 0 unspecified atom stereocenters. The standard InChI is InChI=1S/C21H30N8O2/c1-2-25-8-14-28(15-9-25)21-23-19(22)18(29(30)31)20(24-21)27-12-10-26(11-13-27)16-17-6-4-3-5-7-17/h3-7H,2,8-16H2,1H3,(H2,22,23,24). The molecule has 0 aliphatic carbocycles. The van der Waals surface area contributed by atoms with Crippen LogP contribution in [0.5, 0.6) is 0 Å². The monoisotopic (exact) mass is 426 g/mol. The van der Waals surface area contributed by atoms with E-state index in [4.69, 9.17) is 5.73 Å². The molecule has 10 nitrogen and oxygen atoms in total. The molecule has 1 aromatic heterocycles. The molecular formula is C21H30N8O2. The summed E-state index contributed by atoms with van der Waals surface area (Å²) >= 11 is 0. The number of likely N-dealkylation sites (N-methyl/N-ethyl adjacent to an activating group) is 1.